The Morgan fingerprint density at radius 3 is 2.75 bits per heavy atom. The molecule has 0 saturated carbocycles. The molecule has 6 heteroatoms. The monoisotopic (exact) mass is 305 g/mol. The molecule has 16 heavy (non-hydrogen) atoms. The molecule has 2 rings (SSSR count). The van der Waals surface area contributed by atoms with Crippen LogP contribution in [0, 0.1) is 0 Å². The van der Waals surface area contributed by atoms with Crippen LogP contribution in [0.2, 0.25) is 0 Å². The van der Waals surface area contributed by atoms with Crippen LogP contribution in [0.5, 0.6) is 5.75 Å². The van der Waals surface area contributed by atoms with Gasteiger partial charge in [0.2, 0.25) is 0 Å². The van der Waals surface area contributed by atoms with E-state index in [2.05, 4.69) is 15.9 Å². The zero-order valence-corrected chi connectivity index (χ0v) is 10.9. The summed E-state index contributed by atoms with van der Waals surface area (Å²) in [5.41, 5.74) is 6.28. The minimum Gasteiger partial charge on any atom is -0.486 e. The molecule has 0 spiro atoms. The van der Waals surface area contributed by atoms with Gasteiger partial charge in [0.1, 0.15) is 6.10 Å². The zero-order valence-electron chi connectivity index (χ0n) is 8.52. The molecule has 0 aliphatic carbocycles. The molecule has 1 atom stereocenters. The fourth-order valence-corrected chi connectivity index (χ4v) is 3.74. The number of para-hydroxylation sites is 1. The molecule has 88 valence electrons. The number of hydrogen-bond acceptors (Lipinski definition) is 4. The summed E-state index contributed by atoms with van der Waals surface area (Å²) in [6, 6.07) is 5.34. The average Bonchev–Trinajstić information content (AvgIpc) is 2.52. The van der Waals surface area contributed by atoms with Crippen LogP contribution in [0.1, 0.15) is 6.42 Å². The quantitative estimate of drug-likeness (QED) is 0.843. The van der Waals surface area contributed by atoms with Gasteiger partial charge in [-0.25, -0.2) is 8.42 Å². The van der Waals surface area contributed by atoms with Crippen molar-refractivity contribution in [3.8, 4) is 5.75 Å². The van der Waals surface area contributed by atoms with E-state index in [1.165, 1.54) is 0 Å². The van der Waals surface area contributed by atoms with Gasteiger partial charge in [-0.3, -0.25) is 0 Å². The number of sulfone groups is 1. The lowest BCUT2D eigenvalue weighted by molar-refractivity contribution is 0.229. The fraction of sp³-hybridized carbons (Fsp3) is 0.400. The summed E-state index contributed by atoms with van der Waals surface area (Å²) in [6.07, 6.45) is 0.245. The SMILES string of the molecule is Nc1cccc(Br)c1OC1CCS(=O)(=O)C1. The topological polar surface area (TPSA) is 69.4 Å². The minimum absolute atomic E-state index is 0.0772. The first-order chi connectivity index (χ1) is 7.48. The van der Waals surface area contributed by atoms with E-state index in [4.69, 9.17) is 10.5 Å². The number of nitrogen functional groups attached to an aromatic ring is 1. The van der Waals surface area contributed by atoms with Gasteiger partial charge >= 0.3 is 0 Å². The highest BCUT2D eigenvalue weighted by Crippen LogP contribution is 2.33. The summed E-state index contributed by atoms with van der Waals surface area (Å²) in [5.74, 6) is 0.806. The molecule has 0 amide bonds. The summed E-state index contributed by atoms with van der Waals surface area (Å²) < 4.78 is 28.9. The van der Waals surface area contributed by atoms with Crippen molar-refractivity contribution in [1.82, 2.24) is 0 Å². The summed E-state index contributed by atoms with van der Waals surface area (Å²) >= 11 is 3.33. The highest BCUT2D eigenvalue weighted by molar-refractivity contribution is 9.10. The second-order valence-corrected chi connectivity index (χ2v) is 6.88. The normalized spacial score (nSPS) is 23.2. The first-order valence-electron chi connectivity index (χ1n) is 4.89. The van der Waals surface area contributed by atoms with Gasteiger partial charge in [0.15, 0.2) is 15.6 Å². The molecule has 1 heterocycles. The Hall–Kier alpha value is -0.750. The molecule has 1 aliphatic heterocycles. The molecule has 0 bridgehead atoms. The van der Waals surface area contributed by atoms with Gasteiger partial charge in [0.05, 0.1) is 21.7 Å². The Kier molecular flexibility index (Phi) is 3.12. The second kappa shape index (κ2) is 4.25. The van der Waals surface area contributed by atoms with E-state index >= 15 is 0 Å². The molecule has 1 aliphatic rings. The second-order valence-electron chi connectivity index (χ2n) is 3.80. The molecule has 1 saturated heterocycles. The van der Waals surface area contributed by atoms with Crippen LogP contribution in [0.25, 0.3) is 0 Å². The van der Waals surface area contributed by atoms with Crippen LogP contribution < -0.4 is 10.5 Å². The van der Waals surface area contributed by atoms with Crippen molar-refractivity contribution in [2.75, 3.05) is 17.2 Å². The van der Waals surface area contributed by atoms with Crippen molar-refractivity contribution in [2.24, 2.45) is 0 Å². The molecular formula is C10H12BrNO3S. The van der Waals surface area contributed by atoms with Crippen molar-refractivity contribution in [1.29, 1.82) is 0 Å². The van der Waals surface area contributed by atoms with Crippen LogP contribution in [0.15, 0.2) is 22.7 Å². The van der Waals surface area contributed by atoms with Gasteiger partial charge in [-0.05, 0) is 34.5 Å². The van der Waals surface area contributed by atoms with Gasteiger partial charge in [-0.1, -0.05) is 6.07 Å². The standard InChI is InChI=1S/C10H12BrNO3S/c11-8-2-1-3-9(12)10(8)15-7-4-5-16(13,14)6-7/h1-3,7H,4-6,12H2. The first kappa shape index (κ1) is 11.7. The Balaban J connectivity index is 2.16. The molecule has 0 aromatic heterocycles. The third-order valence-electron chi connectivity index (χ3n) is 2.47. The van der Waals surface area contributed by atoms with Gasteiger partial charge in [0.25, 0.3) is 0 Å². The van der Waals surface area contributed by atoms with Crippen molar-refractivity contribution < 1.29 is 13.2 Å². The van der Waals surface area contributed by atoms with Gasteiger partial charge < -0.3 is 10.5 Å². The summed E-state index contributed by atoms with van der Waals surface area (Å²) in [4.78, 5) is 0. The van der Waals surface area contributed by atoms with Crippen LogP contribution in [-0.2, 0) is 9.84 Å². The van der Waals surface area contributed by atoms with E-state index in [0.29, 0.717) is 17.9 Å². The Labute approximate surface area is 103 Å². The van der Waals surface area contributed by atoms with E-state index < -0.39 is 9.84 Å². The maximum Gasteiger partial charge on any atom is 0.156 e. The third kappa shape index (κ3) is 2.49. The first-order valence-corrected chi connectivity index (χ1v) is 7.50. The average molecular weight is 306 g/mol. The summed E-state index contributed by atoms with van der Waals surface area (Å²) in [7, 11) is -2.92. The van der Waals surface area contributed by atoms with Crippen LogP contribution in [0.3, 0.4) is 0 Å². The molecule has 2 N–H and O–H groups in total. The predicted molar refractivity (Wildman–Crippen MR) is 66.2 cm³/mol. The maximum absolute atomic E-state index is 11.3. The summed E-state index contributed by atoms with van der Waals surface area (Å²) in [6.45, 7) is 0. The van der Waals surface area contributed by atoms with Gasteiger partial charge in [0, 0.05) is 0 Å². The van der Waals surface area contributed by atoms with E-state index in [0.717, 1.165) is 4.47 Å². The van der Waals surface area contributed by atoms with Crippen LogP contribution >= 0.6 is 15.9 Å². The molecule has 1 aromatic rings. The van der Waals surface area contributed by atoms with E-state index in [9.17, 15) is 8.42 Å². The van der Waals surface area contributed by atoms with Crippen LogP contribution in [0.4, 0.5) is 5.69 Å². The van der Waals surface area contributed by atoms with E-state index in [1.807, 2.05) is 6.07 Å². The molecular weight excluding hydrogens is 294 g/mol. The van der Waals surface area contributed by atoms with Crippen molar-refractivity contribution >= 4 is 31.5 Å². The number of halogens is 1. The highest BCUT2D eigenvalue weighted by Gasteiger charge is 2.30. The molecule has 0 radical (unpaired) electrons. The lowest BCUT2D eigenvalue weighted by atomic mass is 10.3. The van der Waals surface area contributed by atoms with Crippen molar-refractivity contribution in [3.05, 3.63) is 22.7 Å². The van der Waals surface area contributed by atoms with E-state index in [-0.39, 0.29) is 17.6 Å². The van der Waals surface area contributed by atoms with Crippen molar-refractivity contribution in [2.45, 2.75) is 12.5 Å². The highest BCUT2D eigenvalue weighted by atomic mass is 79.9. The fourth-order valence-electron chi connectivity index (χ4n) is 1.67. The maximum atomic E-state index is 11.3. The summed E-state index contributed by atoms with van der Waals surface area (Å²) in [5, 5.41) is 0. The molecule has 4 nitrogen and oxygen atoms in total. The number of ether oxygens (including phenoxy) is 1. The number of hydrogen-bond donors (Lipinski definition) is 1. The van der Waals surface area contributed by atoms with E-state index in [1.54, 1.807) is 12.1 Å². The van der Waals surface area contributed by atoms with Gasteiger partial charge in [-0.15, -0.1) is 0 Å². The molecule has 1 unspecified atom stereocenters. The van der Waals surface area contributed by atoms with Crippen molar-refractivity contribution in [3.63, 3.8) is 0 Å². The largest absolute Gasteiger partial charge is 0.486 e. The predicted octanol–water partition coefficient (Wildman–Crippen LogP) is 1.60. The lowest BCUT2D eigenvalue weighted by Crippen LogP contribution is -2.18. The Bertz CT molecular complexity index is 481. The lowest BCUT2D eigenvalue weighted by Gasteiger charge is -2.15. The third-order valence-corrected chi connectivity index (χ3v) is 4.83. The Morgan fingerprint density at radius 1 is 1.44 bits per heavy atom. The number of rotatable bonds is 2. The molecule has 1 aromatic carbocycles. The number of benzene rings is 1. The zero-order chi connectivity index (χ0) is 11.8. The smallest absolute Gasteiger partial charge is 0.156 e. The van der Waals surface area contributed by atoms with Crippen LogP contribution in [-0.4, -0.2) is 26.0 Å². The molecule has 1 fully saturated rings. The van der Waals surface area contributed by atoms with Gasteiger partial charge in [-0.2, -0.15) is 0 Å². The minimum atomic E-state index is -2.92. The Morgan fingerprint density at radius 2 is 2.19 bits per heavy atom. The number of anilines is 1. The number of nitrogens with two attached hydrogens (primary N) is 1.